The third kappa shape index (κ3) is 5.71. The highest BCUT2D eigenvalue weighted by atomic mass is 35.5. The Morgan fingerprint density at radius 1 is 1.25 bits per heavy atom. The average Bonchev–Trinajstić information content (AvgIpc) is 3.21. The van der Waals surface area contributed by atoms with Gasteiger partial charge < -0.3 is 15.5 Å². The van der Waals surface area contributed by atoms with Gasteiger partial charge in [0.05, 0.1) is 6.04 Å². The number of likely N-dealkylation sites (tertiary alicyclic amines) is 1. The molecule has 0 bridgehead atoms. The maximum Gasteiger partial charge on any atom is 0.251 e. The lowest BCUT2D eigenvalue weighted by atomic mass is 10.0. The molecular formula is C26H32ClN3O2. The number of hydrogen-bond donors (Lipinski definition) is 2. The molecule has 32 heavy (non-hydrogen) atoms. The van der Waals surface area contributed by atoms with Crippen molar-refractivity contribution in [3.63, 3.8) is 0 Å². The highest BCUT2D eigenvalue weighted by Crippen LogP contribution is 2.25. The fourth-order valence-electron chi connectivity index (χ4n) is 3.97. The number of carbonyl (C=O) groups excluding carboxylic acids is 2. The third-order valence-corrected chi connectivity index (χ3v) is 6.22. The Morgan fingerprint density at radius 3 is 2.62 bits per heavy atom. The van der Waals surface area contributed by atoms with Crippen LogP contribution in [-0.2, 0) is 9.59 Å². The fraction of sp³-hybridized carbons (Fsp3) is 0.385. The van der Waals surface area contributed by atoms with Crippen LogP contribution in [-0.4, -0.2) is 35.8 Å². The second-order valence-electron chi connectivity index (χ2n) is 8.37. The number of anilines is 1. The highest BCUT2D eigenvalue weighted by Gasteiger charge is 2.24. The van der Waals surface area contributed by atoms with E-state index in [4.69, 9.17) is 11.6 Å². The number of hydrogen-bond acceptors (Lipinski definition) is 3. The first-order valence-electron chi connectivity index (χ1n) is 11.2. The van der Waals surface area contributed by atoms with Crippen molar-refractivity contribution in [1.82, 2.24) is 10.2 Å². The molecule has 1 aliphatic heterocycles. The molecule has 1 aromatic carbocycles. The van der Waals surface area contributed by atoms with Gasteiger partial charge in [-0.1, -0.05) is 37.3 Å². The summed E-state index contributed by atoms with van der Waals surface area (Å²) in [6.45, 7) is 11.6. The van der Waals surface area contributed by atoms with Gasteiger partial charge in [0.2, 0.25) is 5.91 Å². The van der Waals surface area contributed by atoms with Gasteiger partial charge in [-0.15, -0.1) is 0 Å². The molecule has 0 saturated carbocycles. The summed E-state index contributed by atoms with van der Waals surface area (Å²) in [4.78, 5) is 27.9. The Labute approximate surface area is 195 Å². The van der Waals surface area contributed by atoms with Crippen molar-refractivity contribution in [1.29, 1.82) is 0 Å². The van der Waals surface area contributed by atoms with Crippen molar-refractivity contribution < 1.29 is 9.59 Å². The molecule has 0 radical (unpaired) electrons. The minimum atomic E-state index is -0.296. The number of nitrogens with zero attached hydrogens (tertiary/aromatic N) is 1. The maximum absolute atomic E-state index is 13.0. The molecule has 1 fully saturated rings. The quantitative estimate of drug-likeness (QED) is 0.589. The first-order valence-corrected chi connectivity index (χ1v) is 11.6. The highest BCUT2D eigenvalue weighted by molar-refractivity contribution is 6.30. The second kappa shape index (κ2) is 10.7. The van der Waals surface area contributed by atoms with Crippen LogP contribution in [0.4, 0.5) is 5.69 Å². The molecule has 0 aromatic heterocycles. The van der Waals surface area contributed by atoms with Crippen molar-refractivity contribution in [3.8, 4) is 0 Å². The normalized spacial score (nSPS) is 17.0. The van der Waals surface area contributed by atoms with E-state index in [0.717, 1.165) is 48.3 Å². The first-order chi connectivity index (χ1) is 15.3. The van der Waals surface area contributed by atoms with Crippen LogP contribution in [0.5, 0.6) is 0 Å². The van der Waals surface area contributed by atoms with E-state index in [1.165, 1.54) is 0 Å². The lowest BCUT2D eigenvalue weighted by molar-refractivity contribution is -0.126. The predicted molar refractivity (Wildman–Crippen MR) is 132 cm³/mol. The Hall–Kier alpha value is -2.79. The summed E-state index contributed by atoms with van der Waals surface area (Å²) in [5, 5.41) is 6.95. The van der Waals surface area contributed by atoms with Crippen molar-refractivity contribution in [2.45, 2.75) is 52.5 Å². The molecular weight excluding hydrogens is 422 g/mol. The van der Waals surface area contributed by atoms with E-state index in [2.05, 4.69) is 17.2 Å². The molecule has 0 spiro atoms. The van der Waals surface area contributed by atoms with Gasteiger partial charge >= 0.3 is 0 Å². The van der Waals surface area contributed by atoms with Gasteiger partial charge in [-0.05, 0) is 74.9 Å². The van der Waals surface area contributed by atoms with Crippen LogP contribution in [0.1, 0.15) is 45.1 Å². The largest absolute Gasteiger partial charge is 0.357 e. The van der Waals surface area contributed by atoms with Crippen LogP contribution < -0.4 is 10.6 Å². The summed E-state index contributed by atoms with van der Waals surface area (Å²) in [7, 11) is 0. The SMILES string of the molecule is C=C(Nc1ccc(Cl)cc1C)C(C)NC(=O)C1=CC(CC)=C(C(=O)N2CCCC2)CC=C1. The Bertz CT molecular complexity index is 1000. The summed E-state index contributed by atoms with van der Waals surface area (Å²) < 4.78 is 0. The van der Waals surface area contributed by atoms with E-state index in [1.54, 1.807) is 0 Å². The van der Waals surface area contributed by atoms with E-state index in [-0.39, 0.29) is 17.9 Å². The maximum atomic E-state index is 13.0. The van der Waals surface area contributed by atoms with Gasteiger partial charge in [-0.25, -0.2) is 0 Å². The smallest absolute Gasteiger partial charge is 0.251 e. The summed E-state index contributed by atoms with van der Waals surface area (Å²) in [6.07, 6.45) is 8.94. The van der Waals surface area contributed by atoms with E-state index in [0.29, 0.717) is 29.1 Å². The van der Waals surface area contributed by atoms with Gasteiger partial charge in [-0.2, -0.15) is 0 Å². The van der Waals surface area contributed by atoms with E-state index >= 15 is 0 Å². The number of halogens is 1. The number of allylic oxidation sites excluding steroid dienone is 3. The second-order valence-corrected chi connectivity index (χ2v) is 8.80. The Balaban J connectivity index is 1.70. The van der Waals surface area contributed by atoms with Crippen LogP contribution >= 0.6 is 11.6 Å². The lowest BCUT2D eigenvalue weighted by Crippen LogP contribution is -2.36. The molecule has 1 heterocycles. The molecule has 1 saturated heterocycles. The van der Waals surface area contributed by atoms with Gasteiger partial charge in [0.25, 0.3) is 5.91 Å². The van der Waals surface area contributed by atoms with Crippen molar-refractivity contribution in [2.75, 3.05) is 18.4 Å². The molecule has 1 atom stereocenters. The zero-order chi connectivity index (χ0) is 23.3. The summed E-state index contributed by atoms with van der Waals surface area (Å²) in [6, 6.07) is 5.29. The predicted octanol–water partition coefficient (Wildman–Crippen LogP) is 5.29. The zero-order valence-corrected chi connectivity index (χ0v) is 19.9. The molecule has 2 N–H and O–H groups in total. The van der Waals surface area contributed by atoms with Crippen molar-refractivity contribution in [3.05, 3.63) is 76.0 Å². The molecule has 1 aliphatic carbocycles. The zero-order valence-electron chi connectivity index (χ0n) is 19.1. The molecule has 2 amide bonds. The molecule has 1 unspecified atom stereocenters. The number of carbonyl (C=O) groups is 2. The molecule has 2 aliphatic rings. The summed E-state index contributed by atoms with van der Waals surface area (Å²) in [5.41, 5.74) is 4.85. The average molecular weight is 454 g/mol. The summed E-state index contributed by atoms with van der Waals surface area (Å²) >= 11 is 6.03. The Morgan fingerprint density at radius 2 is 1.97 bits per heavy atom. The van der Waals surface area contributed by atoms with Gasteiger partial charge in [0.1, 0.15) is 0 Å². The van der Waals surface area contributed by atoms with Crippen LogP contribution in [0, 0.1) is 6.92 Å². The first kappa shape index (κ1) is 23.9. The number of benzene rings is 1. The Kier molecular flexibility index (Phi) is 7.97. The van der Waals surface area contributed by atoms with Crippen LogP contribution in [0.25, 0.3) is 0 Å². The van der Waals surface area contributed by atoms with Crippen molar-refractivity contribution in [2.24, 2.45) is 0 Å². The van der Waals surface area contributed by atoms with Crippen LogP contribution in [0.2, 0.25) is 5.02 Å². The monoisotopic (exact) mass is 453 g/mol. The summed E-state index contributed by atoms with van der Waals surface area (Å²) in [5.74, 6) is -0.0865. The van der Waals surface area contributed by atoms with Crippen molar-refractivity contribution >= 4 is 29.1 Å². The van der Waals surface area contributed by atoms with Crippen LogP contribution in [0.3, 0.4) is 0 Å². The molecule has 170 valence electrons. The minimum absolute atomic E-state index is 0.103. The molecule has 6 heteroatoms. The minimum Gasteiger partial charge on any atom is -0.357 e. The topological polar surface area (TPSA) is 61.4 Å². The van der Waals surface area contributed by atoms with Gasteiger partial charge in [0, 0.05) is 40.6 Å². The molecule has 5 nitrogen and oxygen atoms in total. The fourth-order valence-corrected chi connectivity index (χ4v) is 4.19. The number of rotatable bonds is 7. The standard InChI is InChI=1S/C26H32ClN3O2/c1-5-20-16-21(9-8-10-23(20)26(32)30-13-6-7-14-30)25(31)29-19(4)18(3)28-24-12-11-22(27)15-17(24)2/h8-9,11-12,15-16,19,28H,3,5-7,10,13-14H2,1-2,4H3,(H,29,31). The van der Waals surface area contributed by atoms with E-state index in [9.17, 15) is 9.59 Å². The van der Waals surface area contributed by atoms with E-state index in [1.807, 2.05) is 62.1 Å². The van der Waals surface area contributed by atoms with E-state index < -0.39 is 0 Å². The number of amides is 2. The molecule has 1 aromatic rings. The number of nitrogens with one attached hydrogen (secondary N) is 2. The number of aryl methyl sites for hydroxylation is 1. The lowest BCUT2D eigenvalue weighted by Gasteiger charge is -2.20. The molecule has 3 rings (SSSR count). The van der Waals surface area contributed by atoms with Gasteiger partial charge in [0.15, 0.2) is 0 Å². The van der Waals surface area contributed by atoms with Gasteiger partial charge in [-0.3, -0.25) is 9.59 Å². The van der Waals surface area contributed by atoms with Crippen LogP contribution in [0.15, 0.2) is 65.4 Å². The third-order valence-electron chi connectivity index (χ3n) is 5.99.